The first-order chi connectivity index (χ1) is 23.8. The number of allylic oxidation sites excluding steroid dienone is 6. The third-order valence-corrected chi connectivity index (χ3v) is 9.53. The van der Waals surface area contributed by atoms with Crippen molar-refractivity contribution in [2.24, 2.45) is 0 Å². The monoisotopic (exact) mass is 1030 g/mol. The van der Waals surface area contributed by atoms with Crippen molar-refractivity contribution in [3.05, 3.63) is 250 Å². The zero-order valence-corrected chi connectivity index (χ0v) is 44.0. The molecule has 4 aliphatic rings. The summed E-state index contributed by atoms with van der Waals surface area (Å²) >= 11 is 0. The van der Waals surface area contributed by atoms with Crippen molar-refractivity contribution < 1.29 is 141 Å². The summed E-state index contributed by atoms with van der Waals surface area (Å²) in [5, 5.41) is 3.96. The van der Waals surface area contributed by atoms with Crippen LogP contribution in [-0.4, -0.2) is 22.4 Å². The minimum atomic E-state index is 0. The summed E-state index contributed by atoms with van der Waals surface area (Å²) in [6, 6.07) is 47.2. The molecule has 272 valence electrons. The zero-order chi connectivity index (χ0) is 31.9. The zero-order valence-electron chi connectivity index (χ0n) is 32.6. The quantitative estimate of drug-likeness (QED) is 0.141. The maximum absolute atomic E-state index is 3.96. The molecule has 4 nitrogen and oxygen atoms in total. The van der Waals surface area contributed by atoms with Gasteiger partial charge in [0.1, 0.15) is 0 Å². The van der Waals surface area contributed by atoms with E-state index in [1.807, 2.05) is 0 Å². The minimum Gasteiger partial charge on any atom is -0.377 e. The van der Waals surface area contributed by atoms with Crippen LogP contribution in [0.1, 0.15) is 39.6 Å². The molecule has 9 rings (SSSR count). The maximum atomic E-state index is 3.96. The van der Waals surface area contributed by atoms with E-state index in [0.29, 0.717) is 0 Å². The van der Waals surface area contributed by atoms with E-state index in [4.69, 9.17) is 0 Å². The fraction of sp³-hybridized carbons (Fsp3) is 0.0417. The number of hydrogen-bond donors (Lipinski definition) is 4. The summed E-state index contributed by atoms with van der Waals surface area (Å²) in [5.74, 6) is 0.0621. The number of fused-ring (bicyclic) bond motifs is 6. The second-order valence-corrected chi connectivity index (χ2v) is 12.5. The van der Waals surface area contributed by atoms with Crippen LogP contribution >= 0.6 is 0 Å². The molecule has 8 heteroatoms. The predicted octanol–water partition coefficient (Wildman–Crippen LogP) is 7.24. The van der Waals surface area contributed by atoms with Crippen LogP contribution in [0, 0.1) is 29.7 Å². The molecular formula is C48H46N4Y4-2. The van der Waals surface area contributed by atoms with Crippen LogP contribution < -0.4 is 15.3 Å². The molecule has 0 saturated carbocycles. The summed E-state index contributed by atoms with van der Waals surface area (Å²) < 4.78 is 0. The van der Waals surface area contributed by atoms with Gasteiger partial charge >= 0.3 is 0 Å². The minimum absolute atomic E-state index is 0. The smallest absolute Gasteiger partial charge is 0.214 e. The molecule has 0 aliphatic carbocycles. The van der Waals surface area contributed by atoms with E-state index in [0.717, 1.165) is 73.3 Å². The van der Waals surface area contributed by atoms with Gasteiger partial charge in [0.25, 0.3) is 0 Å². The SMILES string of the molecule is C1=CC2=C(c3ccccc3)c3ccc([nH]3)/C(c3ccccc3)=C3/C=CC(=[NH+]3)C(c3ccccc3)C3C=C/C(=C(\c4ccccc4)C1=[NH+]2)N3.[CH3-].[CH3-].[CH3-].[CH3-].[Y].[Y].[Y].[Y]. The Bertz CT molecular complexity index is 2300. The summed E-state index contributed by atoms with van der Waals surface area (Å²) in [6.07, 6.45) is 13.5. The molecular weight excluding hydrogens is 988 g/mol. The van der Waals surface area contributed by atoms with Crippen molar-refractivity contribution in [1.29, 1.82) is 0 Å². The third kappa shape index (κ3) is 10.5. The Morgan fingerprint density at radius 3 is 1.39 bits per heavy atom. The van der Waals surface area contributed by atoms with Gasteiger partial charge in [-0.3, -0.25) is 0 Å². The number of aromatic amines is 1. The molecule has 4 radical (unpaired) electrons. The van der Waals surface area contributed by atoms with E-state index >= 15 is 0 Å². The number of benzene rings is 4. The van der Waals surface area contributed by atoms with Crippen molar-refractivity contribution in [3.63, 3.8) is 0 Å². The average molecular weight is 1030 g/mol. The number of nitrogens with one attached hydrogen (secondary N) is 4. The molecule has 0 amide bonds. The van der Waals surface area contributed by atoms with E-state index in [1.165, 1.54) is 5.56 Å². The van der Waals surface area contributed by atoms with Crippen LogP contribution in [0.15, 0.2) is 187 Å². The standard InChI is InChI=1S/C44H32N4.4CH3.4Y/c1-5-13-29(14-6-1)41-33-21-23-35(45-33)42(30-15-7-2-8-16-30)37-25-27-39(47-37)44(32-19-11-4-12-20-32)40-28-26-38(48-40)43(31-17-9-3-10-18-31)36-24-22-34(41)46-36;;;;;;;;/h1-28,33,41,45,48H;4*1H3;;;;/q;4*-1;;;;/p+2/b42-35-,43-36-,44-39?;;;;;;;;. The maximum Gasteiger partial charge on any atom is 0.214 e. The van der Waals surface area contributed by atoms with Crippen LogP contribution in [0.4, 0.5) is 0 Å². The van der Waals surface area contributed by atoms with Gasteiger partial charge in [-0.15, -0.1) is 0 Å². The van der Waals surface area contributed by atoms with Crippen LogP contribution in [-0.2, 0) is 131 Å². The van der Waals surface area contributed by atoms with Gasteiger partial charge in [-0.25, -0.2) is 9.98 Å². The van der Waals surface area contributed by atoms with Crippen LogP contribution in [0.2, 0.25) is 0 Å². The molecule has 5 heterocycles. The van der Waals surface area contributed by atoms with Crippen molar-refractivity contribution >= 4 is 28.1 Å². The topological polar surface area (TPSA) is 55.8 Å². The average Bonchev–Trinajstić information content (AvgIpc) is 3.98. The molecule has 0 saturated heterocycles. The molecule has 5 aromatic rings. The predicted molar refractivity (Wildman–Crippen MR) is 220 cm³/mol. The van der Waals surface area contributed by atoms with Gasteiger partial charge in [-0.2, -0.15) is 0 Å². The van der Waals surface area contributed by atoms with E-state index in [9.17, 15) is 0 Å². The molecule has 2 unspecified atom stereocenters. The van der Waals surface area contributed by atoms with Gasteiger partial charge in [0.15, 0.2) is 5.71 Å². The van der Waals surface area contributed by atoms with E-state index in [-0.39, 0.29) is 173 Å². The molecule has 4 aliphatic heterocycles. The van der Waals surface area contributed by atoms with Crippen molar-refractivity contribution in [2.75, 3.05) is 0 Å². The number of H-pyrrole nitrogens is 1. The summed E-state index contributed by atoms with van der Waals surface area (Å²) in [7, 11) is 0. The van der Waals surface area contributed by atoms with Gasteiger partial charge in [-0.1, -0.05) is 127 Å². The summed E-state index contributed by atoms with van der Waals surface area (Å²) in [5.41, 5.74) is 15.6. The molecule has 4 N–H and O–H groups in total. The first kappa shape index (κ1) is 52.2. The largest absolute Gasteiger partial charge is 0.377 e. The molecule has 4 aromatic carbocycles. The van der Waals surface area contributed by atoms with Gasteiger partial charge in [0.2, 0.25) is 17.1 Å². The molecule has 2 atom stereocenters. The van der Waals surface area contributed by atoms with Crippen LogP contribution in [0.5, 0.6) is 0 Å². The Balaban J connectivity index is 0.00000196. The van der Waals surface area contributed by atoms with Crippen molar-refractivity contribution in [1.82, 2.24) is 10.3 Å². The fourth-order valence-electron chi connectivity index (χ4n) is 7.36. The molecule has 56 heavy (non-hydrogen) atoms. The normalized spacial score (nSPS) is 19.4. The fourth-order valence-corrected chi connectivity index (χ4v) is 7.36. The third-order valence-electron chi connectivity index (χ3n) is 9.53. The first-order valence-corrected chi connectivity index (χ1v) is 16.5. The first-order valence-electron chi connectivity index (χ1n) is 16.5. The Morgan fingerprint density at radius 2 is 0.875 bits per heavy atom. The summed E-state index contributed by atoms with van der Waals surface area (Å²) in [4.78, 5) is 11.6. The van der Waals surface area contributed by atoms with Crippen LogP contribution in [0.3, 0.4) is 0 Å². The van der Waals surface area contributed by atoms with Gasteiger partial charge in [0.05, 0.1) is 40.1 Å². The Kier molecular flexibility index (Phi) is 22.1. The number of rotatable bonds is 4. The molecule has 1 aromatic heterocycles. The van der Waals surface area contributed by atoms with Crippen molar-refractivity contribution in [2.45, 2.75) is 12.0 Å². The molecule has 0 spiro atoms. The molecule has 0 fully saturated rings. The van der Waals surface area contributed by atoms with Gasteiger partial charge < -0.3 is 40.0 Å². The second-order valence-electron chi connectivity index (χ2n) is 12.5. The Labute approximate surface area is 435 Å². The summed E-state index contributed by atoms with van der Waals surface area (Å²) in [6.45, 7) is 0. The molecule has 8 bridgehead atoms. The van der Waals surface area contributed by atoms with E-state index < -0.39 is 0 Å². The van der Waals surface area contributed by atoms with Crippen molar-refractivity contribution in [3.8, 4) is 0 Å². The van der Waals surface area contributed by atoms with Gasteiger partial charge in [0, 0.05) is 161 Å². The van der Waals surface area contributed by atoms with Gasteiger partial charge in [-0.05, 0) is 40.5 Å². The van der Waals surface area contributed by atoms with Crippen LogP contribution in [0.25, 0.3) is 16.7 Å². The Morgan fingerprint density at radius 1 is 0.429 bits per heavy atom. The van der Waals surface area contributed by atoms with E-state index in [1.54, 1.807) is 0 Å². The van der Waals surface area contributed by atoms with E-state index in [2.05, 4.69) is 190 Å². The second kappa shape index (κ2) is 23.7. The Hall–Kier alpha value is -1.84. The number of hydrogen-bond acceptors (Lipinski definition) is 1. The number of aromatic nitrogens is 1.